The van der Waals surface area contributed by atoms with Crippen LogP contribution < -0.4 is 10.3 Å². The van der Waals surface area contributed by atoms with Gasteiger partial charge in [-0.15, -0.1) is 0 Å². The van der Waals surface area contributed by atoms with Gasteiger partial charge in [-0.1, -0.05) is 17.7 Å². The van der Waals surface area contributed by atoms with E-state index in [1.165, 1.54) is 22.7 Å². The Morgan fingerprint density at radius 2 is 1.91 bits per heavy atom. The molecule has 0 unspecified atom stereocenters. The number of fused-ring (bicyclic) bond motifs is 1. The Balaban J connectivity index is 1.76. The molecule has 4 aromatic rings. The summed E-state index contributed by atoms with van der Waals surface area (Å²) in [4.78, 5) is 15.7. The number of hydrogen-bond acceptors (Lipinski definition) is 5. The van der Waals surface area contributed by atoms with Gasteiger partial charge in [-0.05, 0) is 67.9 Å². The van der Waals surface area contributed by atoms with E-state index in [2.05, 4.69) is 4.98 Å². The molecule has 0 spiro atoms. The fourth-order valence-electron chi connectivity index (χ4n) is 3.48. The number of H-pyrrole nitrogens is 1. The van der Waals surface area contributed by atoms with Crippen LogP contribution in [0.3, 0.4) is 0 Å². The lowest BCUT2D eigenvalue weighted by atomic mass is 10.1. The number of halogens is 1. The summed E-state index contributed by atoms with van der Waals surface area (Å²) in [6, 6.07) is 15.0. The van der Waals surface area contributed by atoms with Crippen LogP contribution in [-0.4, -0.2) is 24.3 Å². The number of pyridine rings is 1. The first-order valence-corrected chi connectivity index (χ1v) is 12.2. The molecule has 0 bridgehead atoms. The molecule has 0 fully saturated rings. The molecular formula is C24H23ClN2O5S. The third-order valence-electron chi connectivity index (χ3n) is 5.24. The van der Waals surface area contributed by atoms with Crippen molar-refractivity contribution in [3.8, 4) is 5.75 Å². The van der Waals surface area contributed by atoms with Crippen LogP contribution in [0.15, 0.2) is 75.0 Å². The van der Waals surface area contributed by atoms with Gasteiger partial charge in [-0.2, -0.15) is 4.31 Å². The molecule has 7 nitrogen and oxygen atoms in total. The molecule has 33 heavy (non-hydrogen) atoms. The lowest BCUT2D eigenvalue weighted by Crippen LogP contribution is -2.32. The first kappa shape index (κ1) is 23.1. The largest absolute Gasteiger partial charge is 0.494 e. The standard InChI is InChI=1S/C24H23ClN2O5S/c1-3-31-19-7-9-23-17(12-19)11-18(24(28)26-23)14-27(15-20-5-4-10-32-20)33(29,30)21-8-6-16(2)22(25)13-21/h4-13H,3,14-15H2,1-2H3,(H,26,28). The highest BCUT2D eigenvalue weighted by Crippen LogP contribution is 2.26. The Labute approximate surface area is 196 Å². The van der Waals surface area contributed by atoms with Crippen molar-refractivity contribution in [2.75, 3.05) is 6.61 Å². The topological polar surface area (TPSA) is 92.6 Å². The maximum Gasteiger partial charge on any atom is 0.252 e. The van der Waals surface area contributed by atoms with Crippen molar-refractivity contribution in [3.05, 3.63) is 93.1 Å². The van der Waals surface area contributed by atoms with Crippen molar-refractivity contribution in [2.24, 2.45) is 0 Å². The third kappa shape index (κ3) is 4.98. The van der Waals surface area contributed by atoms with Crippen molar-refractivity contribution in [2.45, 2.75) is 31.8 Å². The number of aryl methyl sites for hydroxylation is 1. The molecule has 0 radical (unpaired) electrons. The third-order valence-corrected chi connectivity index (χ3v) is 7.44. The zero-order chi connectivity index (χ0) is 23.6. The summed E-state index contributed by atoms with van der Waals surface area (Å²) in [7, 11) is -3.99. The zero-order valence-electron chi connectivity index (χ0n) is 18.2. The number of nitrogens with zero attached hydrogens (tertiary/aromatic N) is 1. The molecule has 172 valence electrons. The predicted molar refractivity (Wildman–Crippen MR) is 127 cm³/mol. The number of furan rings is 1. The van der Waals surface area contributed by atoms with Gasteiger partial charge >= 0.3 is 0 Å². The van der Waals surface area contributed by atoms with Crippen LogP contribution in [0.5, 0.6) is 5.75 Å². The fourth-order valence-corrected chi connectivity index (χ4v) is 5.14. The van der Waals surface area contributed by atoms with Crippen LogP contribution in [0.25, 0.3) is 10.9 Å². The van der Waals surface area contributed by atoms with Gasteiger partial charge in [0, 0.05) is 28.0 Å². The SMILES string of the molecule is CCOc1ccc2[nH]c(=O)c(CN(Cc3ccco3)S(=O)(=O)c3ccc(C)c(Cl)c3)cc2c1. The van der Waals surface area contributed by atoms with Crippen LogP contribution in [0.1, 0.15) is 23.8 Å². The lowest BCUT2D eigenvalue weighted by molar-refractivity contribution is 0.340. The van der Waals surface area contributed by atoms with Gasteiger partial charge in [0.15, 0.2) is 0 Å². The second-order valence-electron chi connectivity index (χ2n) is 7.57. The Morgan fingerprint density at radius 3 is 2.61 bits per heavy atom. The molecule has 0 atom stereocenters. The van der Waals surface area contributed by atoms with Gasteiger partial charge in [-0.3, -0.25) is 4.79 Å². The fraction of sp³-hybridized carbons (Fsp3) is 0.208. The Bertz CT molecular complexity index is 1450. The zero-order valence-corrected chi connectivity index (χ0v) is 19.7. The molecule has 2 aromatic carbocycles. The maximum absolute atomic E-state index is 13.5. The minimum Gasteiger partial charge on any atom is -0.494 e. The number of rotatable bonds is 8. The second kappa shape index (κ2) is 9.43. The lowest BCUT2D eigenvalue weighted by Gasteiger charge is -2.21. The van der Waals surface area contributed by atoms with Crippen molar-refractivity contribution in [1.29, 1.82) is 0 Å². The molecule has 9 heteroatoms. The quantitative estimate of drug-likeness (QED) is 0.383. The summed E-state index contributed by atoms with van der Waals surface area (Å²) in [6.07, 6.45) is 1.47. The van der Waals surface area contributed by atoms with E-state index in [-0.39, 0.29) is 23.5 Å². The number of aromatic nitrogens is 1. The van der Waals surface area contributed by atoms with Gasteiger partial charge in [0.2, 0.25) is 10.0 Å². The summed E-state index contributed by atoms with van der Waals surface area (Å²) in [6.45, 7) is 3.99. The monoisotopic (exact) mass is 486 g/mol. The number of sulfonamides is 1. The Kier molecular flexibility index (Phi) is 6.60. The number of benzene rings is 2. The van der Waals surface area contributed by atoms with Gasteiger partial charge in [-0.25, -0.2) is 8.42 Å². The van der Waals surface area contributed by atoms with Crippen molar-refractivity contribution in [1.82, 2.24) is 9.29 Å². The molecule has 0 aliphatic rings. The minimum absolute atomic E-state index is 0.0421. The van der Waals surface area contributed by atoms with E-state index in [1.807, 2.05) is 13.0 Å². The van der Waals surface area contributed by atoms with Gasteiger partial charge in [0.05, 0.1) is 24.3 Å². The molecule has 2 heterocycles. The van der Waals surface area contributed by atoms with Crippen LogP contribution in [-0.2, 0) is 23.1 Å². The van der Waals surface area contributed by atoms with E-state index in [4.69, 9.17) is 20.8 Å². The number of hydrogen-bond donors (Lipinski definition) is 1. The normalized spacial score (nSPS) is 11.9. The van der Waals surface area contributed by atoms with E-state index < -0.39 is 10.0 Å². The maximum atomic E-state index is 13.5. The molecule has 1 N–H and O–H groups in total. The van der Waals surface area contributed by atoms with Crippen LogP contribution in [0.2, 0.25) is 5.02 Å². The molecule has 0 amide bonds. The van der Waals surface area contributed by atoms with E-state index in [1.54, 1.807) is 43.3 Å². The minimum atomic E-state index is -3.99. The summed E-state index contributed by atoms with van der Waals surface area (Å²) in [5.74, 6) is 1.12. The first-order valence-electron chi connectivity index (χ1n) is 10.4. The highest BCUT2D eigenvalue weighted by Gasteiger charge is 2.27. The smallest absolute Gasteiger partial charge is 0.252 e. The number of nitrogens with one attached hydrogen (secondary N) is 1. The van der Waals surface area contributed by atoms with E-state index in [0.29, 0.717) is 34.2 Å². The molecule has 4 rings (SSSR count). The van der Waals surface area contributed by atoms with E-state index in [0.717, 1.165) is 10.9 Å². The van der Waals surface area contributed by atoms with Gasteiger partial charge < -0.3 is 14.1 Å². The highest BCUT2D eigenvalue weighted by atomic mass is 35.5. The predicted octanol–water partition coefficient (Wildman–Crippen LogP) is 4.87. The highest BCUT2D eigenvalue weighted by molar-refractivity contribution is 7.89. The van der Waals surface area contributed by atoms with Crippen molar-refractivity contribution >= 4 is 32.5 Å². The van der Waals surface area contributed by atoms with Crippen LogP contribution in [0, 0.1) is 6.92 Å². The second-order valence-corrected chi connectivity index (χ2v) is 9.91. The number of aromatic amines is 1. The van der Waals surface area contributed by atoms with Gasteiger partial charge in [0.1, 0.15) is 11.5 Å². The van der Waals surface area contributed by atoms with Crippen molar-refractivity contribution in [3.63, 3.8) is 0 Å². The molecule has 0 aliphatic heterocycles. The Hall–Kier alpha value is -3.07. The van der Waals surface area contributed by atoms with Crippen molar-refractivity contribution < 1.29 is 17.6 Å². The molecule has 0 saturated carbocycles. The summed E-state index contributed by atoms with van der Waals surface area (Å²) >= 11 is 6.19. The van der Waals surface area contributed by atoms with Crippen LogP contribution >= 0.6 is 11.6 Å². The summed E-state index contributed by atoms with van der Waals surface area (Å²) < 4.78 is 39.2. The van der Waals surface area contributed by atoms with E-state index >= 15 is 0 Å². The summed E-state index contributed by atoms with van der Waals surface area (Å²) in [5.41, 5.74) is 1.33. The average molecular weight is 487 g/mol. The summed E-state index contributed by atoms with van der Waals surface area (Å²) in [5, 5.41) is 1.09. The molecular weight excluding hydrogens is 464 g/mol. The van der Waals surface area contributed by atoms with Crippen LogP contribution in [0.4, 0.5) is 0 Å². The molecule has 0 aliphatic carbocycles. The average Bonchev–Trinajstić information content (AvgIpc) is 3.29. The Morgan fingerprint density at radius 1 is 1.09 bits per heavy atom. The number of ether oxygens (including phenoxy) is 1. The van der Waals surface area contributed by atoms with E-state index in [9.17, 15) is 13.2 Å². The van der Waals surface area contributed by atoms with Gasteiger partial charge in [0.25, 0.3) is 5.56 Å². The first-order chi connectivity index (χ1) is 15.8. The molecule has 2 aromatic heterocycles. The molecule has 0 saturated heterocycles.